The Kier molecular flexibility index (Phi) is 4.05. The van der Waals surface area contributed by atoms with Crippen LogP contribution in [0.1, 0.15) is 21.7 Å². The van der Waals surface area contributed by atoms with Gasteiger partial charge in [-0.05, 0) is 55.0 Å². The minimum Gasteiger partial charge on any atom is -0.497 e. The number of hydrogen-bond donors (Lipinski definition) is 2. The van der Waals surface area contributed by atoms with Crippen molar-refractivity contribution in [3.8, 4) is 5.75 Å². The van der Waals surface area contributed by atoms with Gasteiger partial charge in [-0.1, -0.05) is 0 Å². The molecule has 3 rings (SSSR count). The predicted octanol–water partition coefficient (Wildman–Crippen LogP) is 2.64. The zero-order chi connectivity index (χ0) is 16.2. The molecule has 0 bridgehead atoms. The second-order valence-electron chi connectivity index (χ2n) is 5.03. The van der Waals surface area contributed by atoms with Crippen LogP contribution in [0.5, 0.6) is 5.75 Å². The van der Waals surface area contributed by atoms with Crippen LogP contribution in [0, 0.1) is 6.92 Å². The number of rotatable bonds is 4. The van der Waals surface area contributed by atoms with E-state index in [4.69, 9.17) is 4.74 Å². The third-order valence-corrected chi connectivity index (χ3v) is 3.36. The van der Waals surface area contributed by atoms with Crippen LogP contribution in [0.3, 0.4) is 0 Å². The van der Waals surface area contributed by atoms with Crippen LogP contribution >= 0.6 is 0 Å². The Balaban J connectivity index is 1.68. The Morgan fingerprint density at radius 3 is 2.78 bits per heavy atom. The summed E-state index contributed by atoms with van der Waals surface area (Å²) in [6.45, 7) is 1.87. The van der Waals surface area contributed by atoms with Crippen LogP contribution in [-0.2, 0) is 0 Å². The number of hydrazone groups is 1. The summed E-state index contributed by atoms with van der Waals surface area (Å²) in [5.41, 5.74) is 5.56. The summed E-state index contributed by atoms with van der Waals surface area (Å²) in [6.07, 6.45) is 1.58. The van der Waals surface area contributed by atoms with E-state index in [1.807, 2.05) is 31.2 Å². The first-order valence-corrected chi connectivity index (χ1v) is 7.09. The second-order valence-corrected chi connectivity index (χ2v) is 5.03. The van der Waals surface area contributed by atoms with Gasteiger partial charge < -0.3 is 9.72 Å². The van der Waals surface area contributed by atoms with E-state index in [9.17, 15) is 4.79 Å². The van der Waals surface area contributed by atoms with Gasteiger partial charge in [0.1, 0.15) is 11.6 Å². The summed E-state index contributed by atoms with van der Waals surface area (Å²) in [7, 11) is 1.61. The molecule has 0 aliphatic rings. The highest BCUT2D eigenvalue weighted by Crippen LogP contribution is 2.13. The smallest absolute Gasteiger partial charge is 0.271 e. The highest BCUT2D eigenvalue weighted by molar-refractivity contribution is 5.97. The van der Waals surface area contributed by atoms with E-state index in [2.05, 4.69) is 20.5 Å². The number of aromatic amines is 1. The van der Waals surface area contributed by atoms with Gasteiger partial charge in [-0.15, -0.1) is 0 Å². The largest absolute Gasteiger partial charge is 0.497 e. The Bertz CT molecular complexity index is 866. The number of aryl methyl sites for hydroxylation is 1. The molecule has 1 aromatic heterocycles. The van der Waals surface area contributed by atoms with E-state index in [1.165, 1.54) is 0 Å². The fourth-order valence-electron chi connectivity index (χ4n) is 2.20. The van der Waals surface area contributed by atoms with Crippen LogP contribution < -0.4 is 10.2 Å². The van der Waals surface area contributed by atoms with Crippen LogP contribution in [0.2, 0.25) is 0 Å². The summed E-state index contributed by atoms with van der Waals surface area (Å²) in [6, 6.07) is 12.7. The van der Waals surface area contributed by atoms with E-state index >= 15 is 0 Å². The summed E-state index contributed by atoms with van der Waals surface area (Å²) < 4.78 is 5.08. The molecule has 0 saturated heterocycles. The lowest BCUT2D eigenvalue weighted by molar-refractivity contribution is 0.0955. The number of hydrogen-bond acceptors (Lipinski definition) is 4. The molecule has 0 aliphatic carbocycles. The van der Waals surface area contributed by atoms with E-state index in [0.29, 0.717) is 5.56 Å². The Morgan fingerprint density at radius 2 is 2.04 bits per heavy atom. The van der Waals surface area contributed by atoms with Crippen molar-refractivity contribution in [3.05, 3.63) is 59.4 Å². The molecule has 0 saturated carbocycles. The second kappa shape index (κ2) is 6.31. The number of benzene rings is 2. The van der Waals surface area contributed by atoms with Crippen LogP contribution in [0.15, 0.2) is 47.6 Å². The zero-order valence-electron chi connectivity index (χ0n) is 12.8. The van der Waals surface area contributed by atoms with Gasteiger partial charge in [-0.3, -0.25) is 4.79 Å². The first kappa shape index (κ1) is 14.8. The van der Waals surface area contributed by atoms with Gasteiger partial charge in [0.05, 0.1) is 24.4 Å². The minimum atomic E-state index is -0.274. The number of amides is 1. The molecule has 6 heteroatoms. The number of imidazole rings is 1. The molecule has 0 fully saturated rings. The average Bonchev–Trinajstić information content (AvgIpc) is 2.94. The van der Waals surface area contributed by atoms with Crippen molar-refractivity contribution in [3.63, 3.8) is 0 Å². The van der Waals surface area contributed by atoms with Crippen molar-refractivity contribution in [2.75, 3.05) is 7.11 Å². The normalized spacial score (nSPS) is 11.0. The van der Waals surface area contributed by atoms with Gasteiger partial charge in [0.15, 0.2) is 0 Å². The van der Waals surface area contributed by atoms with Crippen LogP contribution in [0.4, 0.5) is 0 Å². The number of aromatic nitrogens is 2. The Hall–Kier alpha value is -3.15. The molecule has 23 heavy (non-hydrogen) atoms. The van der Waals surface area contributed by atoms with Gasteiger partial charge in [0, 0.05) is 5.56 Å². The Labute approximate surface area is 133 Å². The first-order chi connectivity index (χ1) is 11.2. The molecule has 116 valence electrons. The molecule has 2 N–H and O–H groups in total. The van der Waals surface area contributed by atoms with Crippen molar-refractivity contribution in [2.45, 2.75) is 6.92 Å². The van der Waals surface area contributed by atoms with Gasteiger partial charge in [0.2, 0.25) is 0 Å². The molecule has 0 aliphatic heterocycles. The molecular weight excluding hydrogens is 292 g/mol. The summed E-state index contributed by atoms with van der Waals surface area (Å²) in [5, 5.41) is 3.97. The molecule has 0 atom stereocenters. The van der Waals surface area contributed by atoms with E-state index in [1.54, 1.807) is 31.5 Å². The number of fused-ring (bicyclic) bond motifs is 1. The lowest BCUT2D eigenvalue weighted by Crippen LogP contribution is -2.17. The van der Waals surface area contributed by atoms with Crippen molar-refractivity contribution in [1.29, 1.82) is 0 Å². The molecule has 1 amide bonds. The number of carbonyl (C=O) groups is 1. The quantitative estimate of drug-likeness (QED) is 0.574. The minimum absolute atomic E-state index is 0.274. The number of H-pyrrole nitrogens is 1. The van der Waals surface area contributed by atoms with Gasteiger partial charge in [0.25, 0.3) is 5.91 Å². The van der Waals surface area contributed by atoms with Crippen LogP contribution in [-0.4, -0.2) is 29.2 Å². The maximum Gasteiger partial charge on any atom is 0.271 e. The average molecular weight is 308 g/mol. The topological polar surface area (TPSA) is 79.4 Å². The molecular formula is C17H16N4O2. The molecule has 0 unspecified atom stereocenters. The fourth-order valence-corrected chi connectivity index (χ4v) is 2.20. The number of nitrogens with zero attached hydrogens (tertiary/aromatic N) is 2. The monoisotopic (exact) mass is 308 g/mol. The highest BCUT2D eigenvalue weighted by atomic mass is 16.5. The third kappa shape index (κ3) is 3.37. The fraction of sp³-hybridized carbons (Fsp3) is 0.118. The SMILES string of the molecule is COc1ccc(/C=N/NC(=O)c2ccc3nc(C)[nH]c3c2)cc1. The maximum absolute atomic E-state index is 12.1. The molecule has 0 spiro atoms. The molecule has 0 radical (unpaired) electrons. The number of nitrogens with one attached hydrogen (secondary N) is 2. The standard InChI is InChI=1S/C17H16N4O2/c1-11-19-15-8-5-13(9-16(15)20-11)17(22)21-18-10-12-3-6-14(23-2)7-4-12/h3-10H,1-2H3,(H,19,20)(H,21,22)/b18-10+. The third-order valence-electron chi connectivity index (χ3n) is 3.36. The van der Waals surface area contributed by atoms with E-state index in [-0.39, 0.29) is 5.91 Å². The molecule has 1 heterocycles. The van der Waals surface area contributed by atoms with Crippen molar-refractivity contribution < 1.29 is 9.53 Å². The molecule has 6 nitrogen and oxygen atoms in total. The highest BCUT2D eigenvalue weighted by Gasteiger charge is 2.07. The predicted molar refractivity (Wildman–Crippen MR) is 88.9 cm³/mol. The Morgan fingerprint density at radius 1 is 1.26 bits per heavy atom. The number of methoxy groups -OCH3 is 1. The van der Waals surface area contributed by atoms with Crippen molar-refractivity contribution in [1.82, 2.24) is 15.4 Å². The van der Waals surface area contributed by atoms with Gasteiger partial charge in [-0.25, -0.2) is 10.4 Å². The maximum atomic E-state index is 12.1. The molecule has 2 aromatic carbocycles. The lowest BCUT2D eigenvalue weighted by Gasteiger charge is -2.01. The van der Waals surface area contributed by atoms with Crippen LogP contribution in [0.25, 0.3) is 11.0 Å². The lowest BCUT2D eigenvalue weighted by atomic mass is 10.2. The number of ether oxygens (including phenoxy) is 1. The molecule has 3 aromatic rings. The van der Waals surface area contributed by atoms with E-state index < -0.39 is 0 Å². The van der Waals surface area contributed by atoms with Gasteiger partial charge in [-0.2, -0.15) is 5.10 Å². The summed E-state index contributed by atoms with van der Waals surface area (Å²) in [4.78, 5) is 19.5. The summed E-state index contributed by atoms with van der Waals surface area (Å²) in [5.74, 6) is 1.31. The van der Waals surface area contributed by atoms with Crippen molar-refractivity contribution in [2.24, 2.45) is 5.10 Å². The summed E-state index contributed by atoms with van der Waals surface area (Å²) >= 11 is 0. The van der Waals surface area contributed by atoms with Crippen molar-refractivity contribution >= 4 is 23.2 Å². The van der Waals surface area contributed by atoms with Gasteiger partial charge >= 0.3 is 0 Å². The van der Waals surface area contributed by atoms with E-state index in [0.717, 1.165) is 28.2 Å². The first-order valence-electron chi connectivity index (χ1n) is 7.09. The number of carbonyl (C=O) groups excluding carboxylic acids is 1. The zero-order valence-corrected chi connectivity index (χ0v) is 12.8.